The molecule has 2 rings (SSSR count). The zero-order valence-electron chi connectivity index (χ0n) is 10.4. The van der Waals surface area contributed by atoms with E-state index < -0.39 is 0 Å². The topological polar surface area (TPSA) is 47.3 Å². The van der Waals surface area contributed by atoms with Gasteiger partial charge in [0.05, 0.1) is 5.69 Å². The minimum absolute atomic E-state index is 0.240. The second kappa shape index (κ2) is 5.89. The lowest BCUT2D eigenvalue weighted by molar-refractivity contribution is 0.330. The van der Waals surface area contributed by atoms with Crippen LogP contribution in [-0.4, -0.2) is 12.0 Å². The van der Waals surface area contributed by atoms with Gasteiger partial charge in [0, 0.05) is 11.6 Å². The average Bonchev–Trinajstić information content (AvgIpc) is 2.80. The Bertz CT molecular complexity index is 525. The quantitative estimate of drug-likeness (QED) is 0.901. The van der Waals surface area contributed by atoms with Crippen LogP contribution in [0.4, 0.5) is 0 Å². The SMILES string of the molecule is CCc1cc(Oc2nc(CNC)co2)ccc1Cl. The summed E-state index contributed by atoms with van der Waals surface area (Å²) in [5, 5.41) is 3.74. The minimum atomic E-state index is 0.240. The van der Waals surface area contributed by atoms with Crippen molar-refractivity contribution >= 4 is 11.6 Å². The van der Waals surface area contributed by atoms with Crippen LogP contribution in [0.1, 0.15) is 18.2 Å². The molecule has 0 unspecified atom stereocenters. The number of nitrogens with one attached hydrogen (secondary N) is 1. The Labute approximate surface area is 111 Å². The van der Waals surface area contributed by atoms with Crippen LogP contribution in [0.3, 0.4) is 0 Å². The summed E-state index contributed by atoms with van der Waals surface area (Å²) in [6.07, 6.45) is 2.67. The monoisotopic (exact) mass is 266 g/mol. The van der Waals surface area contributed by atoms with Gasteiger partial charge < -0.3 is 14.5 Å². The van der Waals surface area contributed by atoms with E-state index in [1.165, 1.54) is 0 Å². The Balaban J connectivity index is 2.12. The predicted octanol–water partition coefficient (Wildman–Crippen LogP) is 3.40. The molecule has 0 aliphatic carbocycles. The molecule has 18 heavy (non-hydrogen) atoms. The summed E-state index contributed by atoms with van der Waals surface area (Å²) in [5.74, 6) is 0.675. The van der Waals surface area contributed by atoms with E-state index in [-0.39, 0.29) is 6.08 Å². The Morgan fingerprint density at radius 2 is 2.28 bits per heavy atom. The van der Waals surface area contributed by atoms with Crippen molar-refractivity contribution in [3.05, 3.63) is 40.7 Å². The number of hydrogen-bond acceptors (Lipinski definition) is 4. The summed E-state index contributed by atoms with van der Waals surface area (Å²) in [6, 6.07) is 5.50. The molecule has 0 atom stereocenters. The van der Waals surface area contributed by atoms with E-state index in [0.717, 1.165) is 22.7 Å². The van der Waals surface area contributed by atoms with Crippen molar-refractivity contribution in [1.29, 1.82) is 0 Å². The van der Waals surface area contributed by atoms with Gasteiger partial charge in [0.1, 0.15) is 12.0 Å². The lowest BCUT2D eigenvalue weighted by atomic mass is 10.2. The molecule has 0 aliphatic rings. The summed E-state index contributed by atoms with van der Waals surface area (Å²) in [5.41, 5.74) is 1.84. The van der Waals surface area contributed by atoms with Crippen LogP contribution < -0.4 is 10.1 Å². The molecular weight excluding hydrogens is 252 g/mol. The number of halogens is 1. The summed E-state index contributed by atoms with van der Waals surface area (Å²) in [4.78, 5) is 4.19. The van der Waals surface area contributed by atoms with E-state index in [1.807, 2.05) is 26.1 Å². The summed E-state index contributed by atoms with van der Waals surface area (Å²) < 4.78 is 10.8. The van der Waals surface area contributed by atoms with Gasteiger partial charge in [0.15, 0.2) is 0 Å². The molecule has 96 valence electrons. The molecule has 0 saturated carbocycles. The molecule has 1 N–H and O–H groups in total. The second-order valence-corrected chi connectivity index (χ2v) is 4.25. The molecule has 1 aromatic heterocycles. The normalized spacial score (nSPS) is 10.6. The molecule has 2 aromatic rings. The average molecular weight is 267 g/mol. The minimum Gasteiger partial charge on any atom is -0.417 e. The first kappa shape index (κ1) is 12.9. The van der Waals surface area contributed by atoms with Crippen molar-refractivity contribution in [2.75, 3.05) is 7.05 Å². The van der Waals surface area contributed by atoms with Gasteiger partial charge in [-0.15, -0.1) is 0 Å². The molecule has 1 heterocycles. The molecule has 0 aliphatic heterocycles. The molecule has 0 bridgehead atoms. The van der Waals surface area contributed by atoms with Gasteiger partial charge in [-0.05, 0) is 37.2 Å². The molecule has 0 amide bonds. The molecule has 0 radical (unpaired) electrons. The molecule has 0 spiro atoms. The van der Waals surface area contributed by atoms with E-state index in [1.54, 1.807) is 12.3 Å². The van der Waals surface area contributed by atoms with Crippen LogP contribution in [0, 0.1) is 0 Å². The second-order valence-electron chi connectivity index (χ2n) is 3.84. The van der Waals surface area contributed by atoms with E-state index in [9.17, 15) is 0 Å². The maximum Gasteiger partial charge on any atom is 0.399 e. The van der Waals surface area contributed by atoms with Crippen LogP contribution in [0.2, 0.25) is 5.02 Å². The molecule has 4 nitrogen and oxygen atoms in total. The van der Waals surface area contributed by atoms with Crippen LogP contribution >= 0.6 is 11.6 Å². The number of ether oxygens (including phenoxy) is 1. The molecule has 0 saturated heterocycles. The Kier molecular flexibility index (Phi) is 4.23. The Morgan fingerprint density at radius 1 is 1.44 bits per heavy atom. The fourth-order valence-corrected chi connectivity index (χ4v) is 1.84. The number of aryl methyl sites for hydroxylation is 1. The predicted molar refractivity (Wildman–Crippen MR) is 70.2 cm³/mol. The van der Waals surface area contributed by atoms with Gasteiger partial charge in [-0.2, -0.15) is 4.98 Å². The van der Waals surface area contributed by atoms with Crippen molar-refractivity contribution in [3.8, 4) is 11.8 Å². The lowest BCUT2D eigenvalue weighted by Gasteiger charge is -2.04. The largest absolute Gasteiger partial charge is 0.417 e. The van der Waals surface area contributed by atoms with Crippen LogP contribution in [0.5, 0.6) is 11.8 Å². The fourth-order valence-electron chi connectivity index (χ4n) is 1.58. The number of hydrogen-bond donors (Lipinski definition) is 1. The smallest absolute Gasteiger partial charge is 0.399 e. The Morgan fingerprint density at radius 3 is 3.00 bits per heavy atom. The molecule has 1 aromatic carbocycles. The van der Waals surface area contributed by atoms with Gasteiger partial charge in [0.25, 0.3) is 0 Å². The number of rotatable bonds is 5. The molecule has 0 fully saturated rings. The van der Waals surface area contributed by atoms with E-state index in [2.05, 4.69) is 10.3 Å². The van der Waals surface area contributed by atoms with Crippen LogP contribution in [0.15, 0.2) is 28.9 Å². The highest BCUT2D eigenvalue weighted by atomic mass is 35.5. The maximum atomic E-state index is 6.04. The third-order valence-corrected chi connectivity index (χ3v) is 2.86. The first-order chi connectivity index (χ1) is 8.72. The van der Waals surface area contributed by atoms with Crippen LogP contribution in [-0.2, 0) is 13.0 Å². The highest BCUT2D eigenvalue weighted by Crippen LogP contribution is 2.26. The summed E-state index contributed by atoms with van der Waals surface area (Å²) in [7, 11) is 1.85. The third-order valence-electron chi connectivity index (χ3n) is 2.49. The van der Waals surface area contributed by atoms with Crippen molar-refractivity contribution in [1.82, 2.24) is 10.3 Å². The summed E-state index contributed by atoms with van der Waals surface area (Å²) in [6.45, 7) is 2.69. The highest BCUT2D eigenvalue weighted by molar-refractivity contribution is 6.31. The molecular formula is C13H15ClN2O2. The third kappa shape index (κ3) is 3.03. The van der Waals surface area contributed by atoms with E-state index >= 15 is 0 Å². The number of benzene rings is 1. The number of aromatic nitrogens is 1. The van der Waals surface area contributed by atoms with Gasteiger partial charge in [0.2, 0.25) is 0 Å². The van der Waals surface area contributed by atoms with Gasteiger partial charge in [-0.1, -0.05) is 18.5 Å². The zero-order chi connectivity index (χ0) is 13.0. The van der Waals surface area contributed by atoms with E-state index in [4.69, 9.17) is 20.8 Å². The fraction of sp³-hybridized carbons (Fsp3) is 0.308. The molecule has 5 heteroatoms. The zero-order valence-corrected chi connectivity index (χ0v) is 11.1. The van der Waals surface area contributed by atoms with Crippen molar-refractivity contribution < 1.29 is 9.15 Å². The van der Waals surface area contributed by atoms with Crippen molar-refractivity contribution in [2.24, 2.45) is 0 Å². The highest BCUT2D eigenvalue weighted by Gasteiger charge is 2.07. The van der Waals surface area contributed by atoms with Crippen molar-refractivity contribution in [2.45, 2.75) is 19.9 Å². The van der Waals surface area contributed by atoms with Crippen LogP contribution in [0.25, 0.3) is 0 Å². The standard InChI is InChI=1S/C13H15ClN2O2/c1-3-9-6-11(4-5-12(9)14)18-13-16-10(7-15-2)8-17-13/h4-6,8,15H,3,7H2,1-2H3. The first-order valence-corrected chi connectivity index (χ1v) is 6.16. The van der Waals surface area contributed by atoms with Crippen molar-refractivity contribution in [3.63, 3.8) is 0 Å². The van der Waals surface area contributed by atoms with E-state index in [0.29, 0.717) is 12.3 Å². The number of oxazole rings is 1. The lowest BCUT2D eigenvalue weighted by Crippen LogP contribution is -2.04. The van der Waals surface area contributed by atoms with Gasteiger partial charge in [-0.3, -0.25) is 0 Å². The Hall–Kier alpha value is -1.52. The first-order valence-electron chi connectivity index (χ1n) is 5.78. The number of nitrogens with zero attached hydrogens (tertiary/aromatic N) is 1. The maximum absolute atomic E-state index is 6.04. The summed E-state index contributed by atoms with van der Waals surface area (Å²) >= 11 is 6.04. The van der Waals surface area contributed by atoms with Gasteiger partial charge >= 0.3 is 6.08 Å². The van der Waals surface area contributed by atoms with Gasteiger partial charge in [-0.25, -0.2) is 0 Å².